The van der Waals surface area contributed by atoms with Crippen molar-refractivity contribution in [3.05, 3.63) is 109 Å². The lowest BCUT2D eigenvalue weighted by molar-refractivity contribution is -0.114. The molecule has 0 unspecified atom stereocenters. The number of ether oxygens (including phenoxy) is 1. The minimum atomic E-state index is -0.0279. The molecule has 0 aliphatic carbocycles. The Hall–Kier alpha value is -4.42. The molecule has 0 atom stereocenters. The number of carbonyl (C=O) groups excluding carboxylic acids is 1. The zero-order chi connectivity index (χ0) is 28.0. The number of amides is 1. The van der Waals surface area contributed by atoms with Gasteiger partial charge in [0.05, 0.1) is 11.0 Å². The molecule has 5 aromatic rings. The number of imidazole rings is 1. The van der Waals surface area contributed by atoms with Crippen LogP contribution in [-0.4, -0.2) is 40.0 Å². The van der Waals surface area contributed by atoms with E-state index in [1.807, 2.05) is 54.6 Å². The van der Waals surface area contributed by atoms with E-state index >= 15 is 0 Å². The van der Waals surface area contributed by atoms with Crippen molar-refractivity contribution < 1.29 is 9.53 Å². The van der Waals surface area contributed by atoms with Crippen molar-refractivity contribution in [1.82, 2.24) is 14.5 Å². The molecule has 208 valence electrons. The van der Waals surface area contributed by atoms with Crippen LogP contribution in [0.25, 0.3) is 22.4 Å². The molecule has 0 spiro atoms. The predicted octanol–water partition coefficient (Wildman–Crippen LogP) is 7.72. The van der Waals surface area contributed by atoms with E-state index in [2.05, 4.69) is 63.3 Å². The Morgan fingerprint density at radius 1 is 0.854 bits per heavy atom. The van der Waals surface area contributed by atoms with Gasteiger partial charge in [-0.25, -0.2) is 4.98 Å². The van der Waals surface area contributed by atoms with Gasteiger partial charge in [-0.15, -0.1) is 0 Å². The van der Waals surface area contributed by atoms with E-state index < -0.39 is 0 Å². The molecule has 6 heteroatoms. The molecule has 1 aliphatic heterocycles. The van der Waals surface area contributed by atoms with Gasteiger partial charge in [0.2, 0.25) is 5.91 Å². The number of anilines is 1. The molecule has 6 rings (SSSR count). The van der Waals surface area contributed by atoms with Crippen LogP contribution in [0.1, 0.15) is 37.7 Å². The maximum atomic E-state index is 11.4. The zero-order valence-electron chi connectivity index (χ0n) is 23.5. The number of nitrogens with zero attached hydrogens (tertiary/aromatic N) is 3. The van der Waals surface area contributed by atoms with Crippen molar-refractivity contribution in [2.75, 3.05) is 25.0 Å². The van der Waals surface area contributed by atoms with Gasteiger partial charge in [0, 0.05) is 24.7 Å². The molecular weight excluding hydrogens is 508 g/mol. The highest BCUT2D eigenvalue weighted by atomic mass is 16.5. The summed E-state index contributed by atoms with van der Waals surface area (Å²) < 4.78 is 8.36. The van der Waals surface area contributed by atoms with Crippen molar-refractivity contribution in [3.63, 3.8) is 0 Å². The highest BCUT2D eigenvalue weighted by Crippen LogP contribution is 2.31. The monoisotopic (exact) mass is 544 g/mol. The maximum Gasteiger partial charge on any atom is 0.221 e. The van der Waals surface area contributed by atoms with Crippen LogP contribution in [-0.2, 0) is 11.3 Å². The number of hydrogen-bond donors (Lipinski definition) is 1. The number of aromatic nitrogens is 2. The van der Waals surface area contributed by atoms with Gasteiger partial charge in [0.15, 0.2) is 0 Å². The Balaban J connectivity index is 1.09. The van der Waals surface area contributed by atoms with Crippen LogP contribution < -0.4 is 10.1 Å². The Bertz CT molecular complexity index is 1600. The maximum absolute atomic E-state index is 11.4. The zero-order valence-corrected chi connectivity index (χ0v) is 23.5. The first-order valence-electron chi connectivity index (χ1n) is 14.5. The number of nitrogens with one attached hydrogen (secondary N) is 1. The number of hydrogen-bond acceptors (Lipinski definition) is 4. The Morgan fingerprint density at radius 2 is 1.59 bits per heavy atom. The summed E-state index contributed by atoms with van der Waals surface area (Å²) in [6, 6.07) is 34.8. The summed E-state index contributed by atoms with van der Waals surface area (Å²) in [7, 11) is 0. The van der Waals surface area contributed by atoms with Gasteiger partial charge in [-0.2, -0.15) is 0 Å². The molecule has 1 aromatic heterocycles. The molecule has 41 heavy (non-hydrogen) atoms. The molecule has 0 radical (unpaired) electrons. The molecule has 0 saturated carbocycles. The first-order valence-corrected chi connectivity index (χ1v) is 14.5. The van der Waals surface area contributed by atoms with Crippen LogP contribution in [0.15, 0.2) is 103 Å². The second-order valence-corrected chi connectivity index (χ2v) is 10.8. The molecule has 1 saturated heterocycles. The molecule has 4 aromatic carbocycles. The number of benzene rings is 4. The standard InChI is InChI=1S/C35H36N4O2/c1-26(40)36-30-10-7-9-29(25-30)27-19-23-38(24-20-27)21-8-22-39-34-14-6-5-13-33(34)37-35(39)28-15-17-32(18-16-28)41-31-11-3-2-4-12-31/h2-7,9-18,25,27H,8,19-24H2,1H3,(H,36,40). The summed E-state index contributed by atoms with van der Waals surface area (Å²) in [6.45, 7) is 5.72. The van der Waals surface area contributed by atoms with Gasteiger partial charge < -0.3 is 19.5 Å². The van der Waals surface area contributed by atoms with Gasteiger partial charge >= 0.3 is 0 Å². The number of aryl methyl sites for hydroxylation is 1. The second-order valence-electron chi connectivity index (χ2n) is 10.8. The Morgan fingerprint density at radius 3 is 2.37 bits per heavy atom. The fourth-order valence-electron chi connectivity index (χ4n) is 5.83. The third-order valence-electron chi connectivity index (χ3n) is 7.87. The van der Waals surface area contributed by atoms with Crippen molar-refractivity contribution in [3.8, 4) is 22.9 Å². The van der Waals surface area contributed by atoms with Gasteiger partial charge in [-0.05, 0) is 111 Å². The Kier molecular flexibility index (Phi) is 8.10. The summed E-state index contributed by atoms with van der Waals surface area (Å²) in [5.74, 6) is 3.15. The number of fused-ring (bicyclic) bond motifs is 1. The molecule has 1 fully saturated rings. The van der Waals surface area contributed by atoms with E-state index in [4.69, 9.17) is 9.72 Å². The van der Waals surface area contributed by atoms with Crippen LogP contribution in [0.2, 0.25) is 0 Å². The topological polar surface area (TPSA) is 59.4 Å². The van der Waals surface area contributed by atoms with Gasteiger partial charge in [0.1, 0.15) is 17.3 Å². The summed E-state index contributed by atoms with van der Waals surface area (Å²) in [4.78, 5) is 19.0. The number of piperidine rings is 1. The first-order chi connectivity index (χ1) is 20.1. The molecule has 2 heterocycles. The van der Waals surface area contributed by atoms with E-state index in [0.717, 1.165) is 79.5 Å². The lowest BCUT2D eigenvalue weighted by Gasteiger charge is -2.32. The van der Waals surface area contributed by atoms with Gasteiger partial charge in [0.25, 0.3) is 0 Å². The minimum Gasteiger partial charge on any atom is -0.457 e. The molecule has 0 bridgehead atoms. The van der Waals surface area contributed by atoms with E-state index in [0.29, 0.717) is 5.92 Å². The van der Waals surface area contributed by atoms with Crippen molar-refractivity contribution in [1.29, 1.82) is 0 Å². The van der Waals surface area contributed by atoms with E-state index in [9.17, 15) is 4.79 Å². The second kappa shape index (κ2) is 12.4. The molecule has 1 N–H and O–H groups in total. The van der Waals surface area contributed by atoms with Crippen LogP contribution in [0.4, 0.5) is 5.69 Å². The average Bonchev–Trinajstić information content (AvgIpc) is 3.37. The predicted molar refractivity (Wildman–Crippen MR) is 165 cm³/mol. The van der Waals surface area contributed by atoms with E-state index in [-0.39, 0.29) is 5.91 Å². The number of likely N-dealkylation sites (tertiary alicyclic amines) is 1. The third kappa shape index (κ3) is 6.50. The summed E-state index contributed by atoms with van der Waals surface area (Å²) in [5.41, 5.74) is 5.49. The van der Waals surface area contributed by atoms with Gasteiger partial charge in [-0.1, -0.05) is 42.5 Å². The number of carbonyl (C=O) groups is 1. The molecule has 6 nitrogen and oxygen atoms in total. The van der Waals surface area contributed by atoms with Crippen LogP contribution >= 0.6 is 0 Å². The smallest absolute Gasteiger partial charge is 0.221 e. The fourth-order valence-corrected chi connectivity index (χ4v) is 5.83. The van der Waals surface area contributed by atoms with Crippen LogP contribution in [0, 0.1) is 0 Å². The SMILES string of the molecule is CC(=O)Nc1cccc(C2CCN(CCCn3c(-c4ccc(Oc5ccccc5)cc4)nc4ccccc43)CC2)c1. The number of para-hydroxylation sites is 3. The largest absolute Gasteiger partial charge is 0.457 e. The van der Waals surface area contributed by atoms with E-state index in [1.165, 1.54) is 11.1 Å². The quantitative estimate of drug-likeness (QED) is 0.206. The minimum absolute atomic E-state index is 0.0279. The highest BCUT2D eigenvalue weighted by Gasteiger charge is 2.21. The van der Waals surface area contributed by atoms with Crippen molar-refractivity contribution in [2.24, 2.45) is 0 Å². The van der Waals surface area contributed by atoms with Gasteiger partial charge in [-0.3, -0.25) is 4.79 Å². The molecule has 1 amide bonds. The molecular formula is C35H36N4O2. The average molecular weight is 545 g/mol. The molecule has 1 aliphatic rings. The van der Waals surface area contributed by atoms with E-state index in [1.54, 1.807) is 6.92 Å². The lowest BCUT2D eigenvalue weighted by atomic mass is 9.89. The third-order valence-corrected chi connectivity index (χ3v) is 7.87. The van der Waals surface area contributed by atoms with Crippen LogP contribution in [0.3, 0.4) is 0 Å². The Labute approximate surface area is 241 Å². The van der Waals surface area contributed by atoms with Crippen LogP contribution in [0.5, 0.6) is 11.5 Å². The summed E-state index contributed by atoms with van der Waals surface area (Å²) in [6.07, 6.45) is 3.34. The first kappa shape index (κ1) is 26.8. The normalized spacial score (nSPS) is 14.3. The van der Waals surface area contributed by atoms with Crippen molar-refractivity contribution >= 4 is 22.6 Å². The lowest BCUT2D eigenvalue weighted by Crippen LogP contribution is -2.34. The van der Waals surface area contributed by atoms with Crippen molar-refractivity contribution in [2.45, 2.75) is 38.6 Å². The highest BCUT2D eigenvalue weighted by molar-refractivity contribution is 5.88. The summed E-state index contributed by atoms with van der Waals surface area (Å²) in [5, 5.41) is 2.91. The summed E-state index contributed by atoms with van der Waals surface area (Å²) >= 11 is 0. The fraction of sp³-hybridized carbons (Fsp3) is 0.257. The number of rotatable bonds is 9.